The molecule has 0 fully saturated rings. The van der Waals surface area contributed by atoms with Crippen LogP contribution in [0.1, 0.15) is 36.1 Å². The molecule has 0 aliphatic carbocycles. The lowest BCUT2D eigenvalue weighted by atomic mass is 9.99. The van der Waals surface area contributed by atoms with E-state index in [1.54, 1.807) is 0 Å². The third-order valence-electron chi connectivity index (χ3n) is 2.99. The van der Waals surface area contributed by atoms with Crippen LogP contribution in [-0.4, -0.2) is 23.0 Å². The molecule has 1 rings (SSSR count). The highest BCUT2D eigenvalue weighted by Gasteiger charge is 2.19. The molecule has 0 saturated heterocycles. The molecule has 0 radical (unpaired) electrons. The van der Waals surface area contributed by atoms with E-state index >= 15 is 0 Å². The molecule has 0 bridgehead atoms. The van der Waals surface area contributed by atoms with Crippen molar-refractivity contribution in [3.63, 3.8) is 0 Å². The Morgan fingerprint density at radius 3 is 2.58 bits per heavy atom. The van der Waals surface area contributed by atoms with E-state index in [-0.39, 0.29) is 12.5 Å². The molecule has 1 aromatic carbocycles. The largest absolute Gasteiger partial charge is 0.481 e. The van der Waals surface area contributed by atoms with E-state index in [1.807, 2.05) is 39.0 Å². The van der Waals surface area contributed by atoms with Crippen LogP contribution < -0.4 is 11.1 Å². The summed E-state index contributed by atoms with van der Waals surface area (Å²) in [5.74, 6) is -1.53. The average molecular weight is 264 g/mol. The minimum absolute atomic E-state index is 0.202. The summed E-state index contributed by atoms with van der Waals surface area (Å²) in [5, 5.41) is 11.3. The van der Waals surface area contributed by atoms with Crippen LogP contribution >= 0.6 is 0 Å². The number of rotatable bonds is 5. The van der Waals surface area contributed by atoms with Crippen molar-refractivity contribution < 1.29 is 14.7 Å². The fraction of sp³-hybridized carbons (Fsp3) is 0.429. The van der Waals surface area contributed by atoms with Crippen molar-refractivity contribution in [3.05, 3.63) is 34.9 Å². The highest BCUT2D eigenvalue weighted by atomic mass is 16.4. The second kappa shape index (κ2) is 6.33. The van der Waals surface area contributed by atoms with E-state index in [0.29, 0.717) is 0 Å². The predicted octanol–water partition coefficient (Wildman–Crippen LogP) is 1.28. The topological polar surface area (TPSA) is 92.4 Å². The van der Waals surface area contributed by atoms with Crippen LogP contribution in [0.4, 0.5) is 0 Å². The molecule has 0 aliphatic rings. The number of nitrogens with two attached hydrogens (primary N) is 1. The Kier molecular flexibility index (Phi) is 5.06. The number of carbonyl (C=O) groups is 2. The zero-order valence-electron chi connectivity index (χ0n) is 11.4. The lowest BCUT2D eigenvalue weighted by molar-refractivity contribution is -0.139. The van der Waals surface area contributed by atoms with Crippen molar-refractivity contribution >= 4 is 11.9 Å². The molecule has 0 aromatic heterocycles. The first-order chi connectivity index (χ1) is 8.81. The highest BCUT2D eigenvalue weighted by Crippen LogP contribution is 2.18. The SMILES string of the molecule is Cc1ccc(C)c(C(C)NC(=O)C(N)CC(=O)O)c1. The van der Waals surface area contributed by atoms with Crippen molar-refractivity contribution in [1.82, 2.24) is 5.32 Å². The van der Waals surface area contributed by atoms with Crippen molar-refractivity contribution in [2.45, 2.75) is 39.3 Å². The number of amides is 1. The third kappa shape index (κ3) is 4.37. The molecule has 0 saturated carbocycles. The molecular weight excluding hydrogens is 244 g/mol. The van der Waals surface area contributed by atoms with E-state index < -0.39 is 17.9 Å². The quantitative estimate of drug-likeness (QED) is 0.747. The second-order valence-corrected chi connectivity index (χ2v) is 4.79. The number of carbonyl (C=O) groups excluding carboxylic acids is 1. The van der Waals surface area contributed by atoms with E-state index in [1.165, 1.54) is 0 Å². The minimum atomic E-state index is -1.08. The zero-order valence-corrected chi connectivity index (χ0v) is 11.4. The van der Waals surface area contributed by atoms with Crippen LogP contribution in [-0.2, 0) is 9.59 Å². The Morgan fingerprint density at radius 1 is 1.37 bits per heavy atom. The third-order valence-corrected chi connectivity index (χ3v) is 2.99. The lowest BCUT2D eigenvalue weighted by Gasteiger charge is -2.19. The molecule has 4 N–H and O–H groups in total. The summed E-state index contributed by atoms with van der Waals surface area (Å²) in [5.41, 5.74) is 8.71. The number of aliphatic carboxylic acids is 1. The summed E-state index contributed by atoms with van der Waals surface area (Å²) in [7, 11) is 0. The number of nitrogens with one attached hydrogen (secondary N) is 1. The van der Waals surface area contributed by atoms with E-state index in [9.17, 15) is 9.59 Å². The molecule has 19 heavy (non-hydrogen) atoms. The van der Waals surface area contributed by atoms with E-state index in [0.717, 1.165) is 16.7 Å². The molecule has 5 heteroatoms. The maximum absolute atomic E-state index is 11.8. The van der Waals surface area contributed by atoms with Gasteiger partial charge in [0.15, 0.2) is 0 Å². The van der Waals surface area contributed by atoms with E-state index in [2.05, 4.69) is 5.32 Å². The molecule has 0 aliphatic heterocycles. The monoisotopic (exact) mass is 264 g/mol. The first-order valence-corrected chi connectivity index (χ1v) is 6.16. The van der Waals surface area contributed by atoms with Crippen LogP contribution in [0.5, 0.6) is 0 Å². The van der Waals surface area contributed by atoms with Gasteiger partial charge in [-0.2, -0.15) is 0 Å². The fourth-order valence-electron chi connectivity index (χ4n) is 1.91. The van der Waals surface area contributed by atoms with E-state index in [4.69, 9.17) is 10.8 Å². The first-order valence-electron chi connectivity index (χ1n) is 6.16. The number of carboxylic acid groups (broad SMARTS) is 1. The molecule has 104 valence electrons. The minimum Gasteiger partial charge on any atom is -0.481 e. The molecule has 1 aromatic rings. The van der Waals surface area contributed by atoms with Crippen molar-refractivity contribution in [2.24, 2.45) is 5.73 Å². The standard InChI is InChI=1S/C14H20N2O3/c1-8-4-5-9(2)11(6-8)10(3)16-14(19)12(15)7-13(17)18/h4-6,10,12H,7,15H2,1-3H3,(H,16,19)(H,17,18). The number of hydrogen-bond acceptors (Lipinski definition) is 3. The normalized spacial score (nSPS) is 13.7. The number of hydrogen-bond donors (Lipinski definition) is 3. The van der Waals surface area contributed by atoms with Gasteiger partial charge in [-0.3, -0.25) is 9.59 Å². The molecule has 0 heterocycles. The van der Waals surface area contributed by atoms with Crippen molar-refractivity contribution in [3.8, 4) is 0 Å². The average Bonchev–Trinajstić information content (AvgIpc) is 2.31. The van der Waals surface area contributed by atoms with Crippen LogP contribution in [0.2, 0.25) is 0 Å². The van der Waals surface area contributed by atoms with Crippen LogP contribution in [0, 0.1) is 13.8 Å². The lowest BCUT2D eigenvalue weighted by Crippen LogP contribution is -2.42. The Bertz CT molecular complexity index is 486. The van der Waals surface area contributed by atoms with Crippen LogP contribution in [0.3, 0.4) is 0 Å². The number of aryl methyl sites for hydroxylation is 2. The van der Waals surface area contributed by atoms with Crippen molar-refractivity contribution in [2.75, 3.05) is 0 Å². The molecule has 0 spiro atoms. The van der Waals surface area contributed by atoms with Gasteiger partial charge >= 0.3 is 5.97 Å². The highest BCUT2D eigenvalue weighted by molar-refractivity contribution is 5.86. The summed E-state index contributed by atoms with van der Waals surface area (Å²) in [4.78, 5) is 22.3. The first kappa shape index (κ1) is 15.2. The molecule has 5 nitrogen and oxygen atoms in total. The fourth-order valence-corrected chi connectivity index (χ4v) is 1.91. The Balaban J connectivity index is 2.73. The molecule has 2 unspecified atom stereocenters. The Morgan fingerprint density at radius 2 is 2.00 bits per heavy atom. The number of benzene rings is 1. The second-order valence-electron chi connectivity index (χ2n) is 4.79. The van der Waals surface area contributed by atoms with Gasteiger partial charge in [-0.15, -0.1) is 0 Å². The van der Waals surface area contributed by atoms with Gasteiger partial charge in [-0.05, 0) is 31.9 Å². The van der Waals surface area contributed by atoms with Gasteiger partial charge in [0.25, 0.3) is 0 Å². The summed E-state index contributed by atoms with van der Waals surface area (Å²) >= 11 is 0. The summed E-state index contributed by atoms with van der Waals surface area (Å²) in [6.45, 7) is 5.80. The van der Waals surface area contributed by atoms with Gasteiger partial charge in [0, 0.05) is 0 Å². The zero-order chi connectivity index (χ0) is 14.6. The molecular formula is C14H20N2O3. The van der Waals surface area contributed by atoms with Gasteiger partial charge in [0.2, 0.25) is 5.91 Å². The summed E-state index contributed by atoms with van der Waals surface area (Å²) < 4.78 is 0. The molecule has 1 amide bonds. The van der Waals surface area contributed by atoms with Gasteiger partial charge in [-0.1, -0.05) is 23.8 Å². The smallest absolute Gasteiger partial charge is 0.305 e. The summed E-state index contributed by atoms with van der Waals surface area (Å²) in [6, 6.07) is 4.77. The van der Waals surface area contributed by atoms with Gasteiger partial charge in [-0.25, -0.2) is 0 Å². The van der Waals surface area contributed by atoms with Gasteiger partial charge in [0.05, 0.1) is 18.5 Å². The predicted molar refractivity (Wildman–Crippen MR) is 72.7 cm³/mol. The maximum atomic E-state index is 11.8. The molecule has 2 atom stereocenters. The van der Waals surface area contributed by atoms with Gasteiger partial charge in [0.1, 0.15) is 0 Å². The maximum Gasteiger partial charge on any atom is 0.305 e. The van der Waals surface area contributed by atoms with Crippen LogP contribution in [0.25, 0.3) is 0 Å². The number of carboxylic acids is 1. The van der Waals surface area contributed by atoms with Crippen molar-refractivity contribution in [1.29, 1.82) is 0 Å². The van der Waals surface area contributed by atoms with Crippen LogP contribution in [0.15, 0.2) is 18.2 Å². The van der Waals surface area contributed by atoms with Gasteiger partial charge < -0.3 is 16.2 Å². The summed E-state index contributed by atoms with van der Waals surface area (Å²) in [6.07, 6.45) is -0.370. The Labute approximate surface area is 112 Å². The Hall–Kier alpha value is -1.88.